The summed E-state index contributed by atoms with van der Waals surface area (Å²) in [7, 11) is 0.686. The van der Waals surface area contributed by atoms with Crippen molar-refractivity contribution in [1.29, 1.82) is 0 Å². The van der Waals surface area contributed by atoms with Crippen molar-refractivity contribution in [3.8, 4) is 0 Å². The van der Waals surface area contributed by atoms with Gasteiger partial charge in [0.05, 0.1) is 17.4 Å². The summed E-state index contributed by atoms with van der Waals surface area (Å²) in [6.45, 7) is 10.2. The van der Waals surface area contributed by atoms with Crippen LogP contribution in [0.1, 0.15) is 39.7 Å². The summed E-state index contributed by atoms with van der Waals surface area (Å²) in [5, 5.41) is 3.39. The molecule has 0 spiro atoms. The van der Waals surface area contributed by atoms with E-state index in [2.05, 4.69) is 45.1 Å². The molecule has 0 amide bonds. The van der Waals surface area contributed by atoms with Crippen molar-refractivity contribution in [2.45, 2.75) is 50.5 Å². The highest BCUT2D eigenvalue weighted by Gasteiger charge is 2.16. The maximum absolute atomic E-state index is 12.5. The molecule has 0 saturated heterocycles. The van der Waals surface area contributed by atoms with Gasteiger partial charge in [-0.2, -0.15) is 0 Å². The monoisotopic (exact) mass is 311 g/mol. The Hall–Kier alpha value is -0.710. The third-order valence-corrected chi connectivity index (χ3v) is 4.89. The highest BCUT2D eigenvalue weighted by Crippen LogP contribution is 2.23. The third-order valence-electron chi connectivity index (χ3n) is 3.39. The molecule has 1 aromatic rings. The Balaban J connectivity index is 2.69. The van der Waals surface area contributed by atoms with Gasteiger partial charge in [-0.15, -0.1) is 0 Å². The summed E-state index contributed by atoms with van der Waals surface area (Å²) < 4.78 is 17.7. The first kappa shape index (κ1) is 18.3. The minimum Gasteiger partial charge on any atom is -0.383 e. The molecule has 0 heterocycles. The molecule has 1 aromatic carbocycles. The van der Waals surface area contributed by atoms with Crippen LogP contribution in [0.15, 0.2) is 29.2 Å². The highest BCUT2D eigenvalue weighted by molar-refractivity contribution is 7.85. The van der Waals surface area contributed by atoms with Gasteiger partial charge in [0, 0.05) is 23.8 Å². The number of rotatable bonds is 8. The lowest BCUT2D eigenvalue weighted by atomic mass is 9.87. The van der Waals surface area contributed by atoms with E-state index in [0.717, 1.165) is 17.9 Å². The summed E-state index contributed by atoms with van der Waals surface area (Å²) in [5.41, 5.74) is 1.39. The zero-order chi connectivity index (χ0) is 15.9. The van der Waals surface area contributed by atoms with Crippen LogP contribution in [0.3, 0.4) is 0 Å². The lowest BCUT2D eigenvalue weighted by molar-refractivity contribution is 0.173. The second kappa shape index (κ2) is 8.66. The van der Waals surface area contributed by atoms with E-state index in [1.807, 2.05) is 12.1 Å². The van der Waals surface area contributed by atoms with Crippen LogP contribution in [0.25, 0.3) is 0 Å². The average molecular weight is 311 g/mol. The summed E-state index contributed by atoms with van der Waals surface area (Å²) in [6, 6.07) is 8.27. The van der Waals surface area contributed by atoms with Crippen molar-refractivity contribution in [3.05, 3.63) is 29.8 Å². The summed E-state index contributed by atoms with van der Waals surface area (Å²) in [4.78, 5) is 0.891. The number of hydrogen-bond donors (Lipinski definition) is 1. The van der Waals surface area contributed by atoms with Crippen molar-refractivity contribution in [2.75, 3.05) is 26.0 Å². The molecule has 0 aliphatic carbocycles. The molecule has 0 fully saturated rings. The maximum Gasteiger partial charge on any atom is 0.0624 e. The van der Waals surface area contributed by atoms with E-state index in [-0.39, 0.29) is 11.5 Å². The zero-order valence-electron chi connectivity index (χ0n) is 13.9. The molecule has 4 heteroatoms. The first-order chi connectivity index (χ1) is 9.88. The number of ether oxygens (including phenoxy) is 1. The van der Waals surface area contributed by atoms with E-state index in [1.54, 1.807) is 7.11 Å². The van der Waals surface area contributed by atoms with Crippen molar-refractivity contribution in [3.63, 3.8) is 0 Å². The van der Waals surface area contributed by atoms with Crippen LogP contribution >= 0.6 is 0 Å². The number of nitrogens with one attached hydrogen (secondary N) is 1. The van der Waals surface area contributed by atoms with E-state index in [9.17, 15) is 4.21 Å². The van der Waals surface area contributed by atoms with Crippen LogP contribution in [0.4, 0.5) is 0 Å². The van der Waals surface area contributed by atoms with Crippen molar-refractivity contribution >= 4 is 10.8 Å². The zero-order valence-corrected chi connectivity index (χ0v) is 14.8. The van der Waals surface area contributed by atoms with Crippen molar-refractivity contribution in [2.24, 2.45) is 0 Å². The Morgan fingerprint density at radius 3 is 2.33 bits per heavy atom. The minimum atomic E-state index is -0.996. The van der Waals surface area contributed by atoms with Gasteiger partial charge in [0.25, 0.3) is 0 Å². The van der Waals surface area contributed by atoms with Crippen LogP contribution in [-0.4, -0.2) is 36.3 Å². The minimum absolute atomic E-state index is 0.126. The highest BCUT2D eigenvalue weighted by atomic mass is 32.2. The lowest BCUT2D eigenvalue weighted by Gasteiger charge is -2.20. The third kappa shape index (κ3) is 6.29. The fourth-order valence-corrected chi connectivity index (χ4v) is 3.31. The molecular weight excluding hydrogens is 282 g/mol. The van der Waals surface area contributed by atoms with E-state index < -0.39 is 10.8 Å². The standard InChI is InChI=1S/C17H29NO2S/c1-6-11-18-15(12-20-5)13-21(19)16-9-7-14(8-10-16)17(2,3)4/h7-10,15,18H,6,11-13H2,1-5H3. The van der Waals surface area contributed by atoms with E-state index in [4.69, 9.17) is 4.74 Å². The largest absolute Gasteiger partial charge is 0.383 e. The van der Waals surface area contributed by atoms with Crippen LogP contribution in [0, 0.1) is 0 Å². The van der Waals surface area contributed by atoms with E-state index in [0.29, 0.717) is 12.4 Å². The van der Waals surface area contributed by atoms with Gasteiger partial charge in [0.2, 0.25) is 0 Å². The molecule has 1 N–H and O–H groups in total. The molecule has 120 valence electrons. The van der Waals surface area contributed by atoms with E-state index in [1.165, 1.54) is 5.56 Å². The molecule has 1 rings (SSSR count). The van der Waals surface area contributed by atoms with Gasteiger partial charge >= 0.3 is 0 Å². The fraction of sp³-hybridized carbons (Fsp3) is 0.647. The Morgan fingerprint density at radius 2 is 1.86 bits per heavy atom. The van der Waals surface area contributed by atoms with Gasteiger partial charge in [-0.25, -0.2) is 0 Å². The molecule has 0 bridgehead atoms. The van der Waals surface area contributed by atoms with Crippen molar-refractivity contribution < 1.29 is 8.95 Å². The second-order valence-electron chi connectivity index (χ2n) is 6.39. The predicted octanol–water partition coefficient (Wildman–Crippen LogP) is 3.11. The maximum atomic E-state index is 12.5. The second-order valence-corrected chi connectivity index (χ2v) is 7.89. The molecule has 0 aliphatic rings. The molecule has 0 aliphatic heterocycles. The van der Waals surface area contributed by atoms with Gasteiger partial charge in [-0.1, -0.05) is 39.8 Å². The molecule has 2 atom stereocenters. The Labute approximate surface area is 131 Å². The van der Waals surface area contributed by atoms with Gasteiger partial charge < -0.3 is 10.1 Å². The van der Waals surface area contributed by atoms with Gasteiger partial charge in [0.1, 0.15) is 0 Å². The molecule has 0 radical (unpaired) electrons. The molecule has 3 nitrogen and oxygen atoms in total. The summed E-state index contributed by atoms with van der Waals surface area (Å²) in [6.07, 6.45) is 1.06. The lowest BCUT2D eigenvalue weighted by Crippen LogP contribution is -2.38. The SMILES string of the molecule is CCCNC(COC)CS(=O)c1ccc(C(C)(C)C)cc1. The van der Waals surface area contributed by atoms with Crippen LogP contribution in [-0.2, 0) is 21.0 Å². The van der Waals surface area contributed by atoms with Crippen LogP contribution in [0.5, 0.6) is 0 Å². The van der Waals surface area contributed by atoms with Crippen molar-refractivity contribution in [1.82, 2.24) is 5.32 Å². The molecule has 0 saturated carbocycles. The Kier molecular flexibility index (Phi) is 7.57. The van der Waals surface area contributed by atoms with Gasteiger partial charge in [0.15, 0.2) is 0 Å². The fourth-order valence-electron chi connectivity index (χ4n) is 2.10. The number of methoxy groups -OCH3 is 1. The molecule has 0 aromatic heterocycles. The average Bonchev–Trinajstić information content (AvgIpc) is 2.44. The Morgan fingerprint density at radius 1 is 1.24 bits per heavy atom. The van der Waals surface area contributed by atoms with E-state index >= 15 is 0 Å². The van der Waals surface area contributed by atoms with Crippen LogP contribution in [0.2, 0.25) is 0 Å². The normalized spacial score (nSPS) is 14.9. The first-order valence-corrected chi connectivity index (χ1v) is 8.91. The molecule has 2 unspecified atom stereocenters. The topological polar surface area (TPSA) is 38.3 Å². The molecular formula is C17H29NO2S. The smallest absolute Gasteiger partial charge is 0.0624 e. The summed E-state index contributed by atoms with van der Waals surface area (Å²) >= 11 is 0. The van der Waals surface area contributed by atoms with Gasteiger partial charge in [-0.3, -0.25) is 4.21 Å². The Bertz CT molecular complexity index is 437. The summed E-state index contributed by atoms with van der Waals surface area (Å²) in [5.74, 6) is 0.586. The van der Waals surface area contributed by atoms with Gasteiger partial charge in [-0.05, 0) is 36.1 Å². The quantitative estimate of drug-likeness (QED) is 0.802. The number of benzene rings is 1. The number of hydrogen-bond acceptors (Lipinski definition) is 3. The van der Waals surface area contributed by atoms with Crippen LogP contribution < -0.4 is 5.32 Å². The molecule has 21 heavy (non-hydrogen) atoms. The predicted molar refractivity (Wildman–Crippen MR) is 90.4 cm³/mol. The first-order valence-electron chi connectivity index (χ1n) is 7.59.